The Labute approximate surface area is 135 Å². The molecule has 0 spiro atoms. The van der Waals surface area contributed by atoms with Crippen LogP contribution in [-0.2, 0) is 16.0 Å². The van der Waals surface area contributed by atoms with E-state index in [4.69, 9.17) is 14.6 Å². The Bertz CT molecular complexity index is 546. The normalized spacial score (nSPS) is 20.5. The highest BCUT2D eigenvalue weighted by Crippen LogP contribution is 2.20. The van der Waals surface area contributed by atoms with E-state index in [-0.39, 0.29) is 23.7 Å². The van der Waals surface area contributed by atoms with Gasteiger partial charge < -0.3 is 24.8 Å². The molecule has 1 aliphatic rings. The van der Waals surface area contributed by atoms with Crippen molar-refractivity contribution in [3.05, 3.63) is 35.4 Å². The lowest BCUT2D eigenvalue weighted by Gasteiger charge is -2.24. The van der Waals surface area contributed by atoms with Crippen LogP contribution in [0.25, 0.3) is 0 Å². The molecule has 1 aromatic rings. The van der Waals surface area contributed by atoms with Crippen molar-refractivity contribution in [1.82, 2.24) is 10.2 Å². The average molecular weight is 322 g/mol. The van der Waals surface area contributed by atoms with Crippen LogP contribution < -0.4 is 5.32 Å². The minimum atomic E-state index is -0.967. The highest BCUT2D eigenvalue weighted by Gasteiger charge is 2.35. The number of carboxylic acids is 1. The summed E-state index contributed by atoms with van der Waals surface area (Å²) in [5.74, 6) is -0.967. The Balaban J connectivity index is 1.91. The zero-order valence-corrected chi connectivity index (χ0v) is 13.3. The molecule has 0 aliphatic carbocycles. The first-order valence-electron chi connectivity index (χ1n) is 7.43. The van der Waals surface area contributed by atoms with Crippen LogP contribution in [0.4, 0.5) is 4.79 Å². The van der Waals surface area contributed by atoms with Crippen LogP contribution in [-0.4, -0.2) is 61.5 Å². The van der Waals surface area contributed by atoms with Crippen LogP contribution in [0.3, 0.4) is 0 Å². The molecule has 2 atom stereocenters. The fraction of sp³-hybridized carbons (Fsp3) is 0.500. The molecule has 23 heavy (non-hydrogen) atoms. The van der Waals surface area contributed by atoms with Gasteiger partial charge in [-0.2, -0.15) is 0 Å². The van der Waals surface area contributed by atoms with Crippen LogP contribution in [0.1, 0.15) is 22.3 Å². The predicted octanol–water partition coefficient (Wildman–Crippen LogP) is 1.33. The lowest BCUT2D eigenvalue weighted by molar-refractivity contribution is 0.0697. The molecular weight excluding hydrogens is 300 g/mol. The molecule has 126 valence electrons. The predicted molar refractivity (Wildman–Crippen MR) is 83.4 cm³/mol. The summed E-state index contributed by atoms with van der Waals surface area (Å²) in [6.07, 6.45) is 0.779. The largest absolute Gasteiger partial charge is 0.478 e. The van der Waals surface area contributed by atoms with Crippen LogP contribution in [0.15, 0.2) is 24.3 Å². The van der Waals surface area contributed by atoms with Crippen molar-refractivity contribution in [2.75, 3.05) is 27.4 Å². The van der Waals surface area contributed by atoms with E-state index in [9.17, 15) is 9.59 Å². The number of benzene rings is 1. The molecule has 0 radical (unpaired) electrons. The number of carbonyl (C=O) groups excluding carboxylic acids is 1. The van der Waals surface area contributed by atoms with E-state index in [0.29, 0.717) is 19.7 Å². The zero-order chi connectivity index (χ0) is 16.8. The van der Waals surface area contributed by atoms with Crippen LogP contribution in [0.5, 0.6) is 0 Å². The summed E-state index contributed by atoms with van der Waals surface area (Å²) >= 11 is 0. The van der Waals surface area contributed by atoms with E-state index in [0.717, 1.165) is 12.0 Å². The average Bonchev–Trinajstić information content (AvgIpc) is 2.96. The number of hydrogen-bond donors (Lipinski definition) is 2. The maximum Gasteiger partial charge on any atom is 0.335 e. The number of amides is 2. The third kappa shape index (κ3) is 4.43. The Morgan fingerprint density at radius 3 is 2.57 bits per heavy atom. The SMILES string of the molecule is COC[C@@H]1C[C@H](OC)CN1C(=O)NCc1ccc(C(=O)O)cc1. The van der Waals surface area contributed by atoms with Gasteiger partial charge in [-0.3, -0.25) is 0 Å². The third-order valence-corrected chi connectivity index (χ3v) is 3.97. The molecule has 0 unspecified atom stereocenters. The maximum absolute atomic E-state index is 12.4. The van der Waals surface area contributed by atoms with Crippen molar-refractivity contribution in [2.24, 2.45) is 0 Å². The second-order valence-corrected chi connectivity index (χ2v) is 5.52. The Morgan fingerprint density at radius 2 is 2.00 bits per heavy atom. The van der Waals surface area contributed by atoms with Crippen LogP contribution in [0.2, 0.25) is 0 Å². The number of rotatable bonds is 6. The maximum atomic E-state index is 12.4. The molecule has 7 nitrogen and oxygen atoms in total. The van der Waals surface area contributed by atoms with Crippen molar-refractivity contribution in [3.63, 3.8) is 0 Å². The topological polar surface area (TPSA) is 88.1 Å². The molecule has 0 bridgehead atoms. The van der Waals surface area contributed by atoms with Gasteiger partial charge in [-0.25, -0.2) is 9.59 Å². The molecule has 2 rings (SSSR count). The summed E-state index contributed by atoms with van der Waals surface area (Å²) in [5, 5.41) is 11.7. The molecule has 7 heteroatoms. The van der Waals surface area contributed by atoms with E-state index < -0.39 is 5.97 Å². The standard InChI is InChI=1S/C16H22N2O5/c1-22-10-13-7-14(23-2)9-18(13)16(21)17-8-11-3-5-12(6-4-11)15(19)20/h3-6,13-14H,7-10H2,1-2H3,(H,17,21)(H,19,20)/t13-,14-/m0/s1. The van der Waals surface area contributed by atoms with Crippen LogP contribution in [0, 0.1) is 0 Å². The van der Waals surface area contributed by atoms with Crippen LogP contribution >= 0.6 is 0 Å². The lowest BCUT2D eigenvalue weighted by atomic mass is 10.1. The molecule has 1 aliphatic heterocycles. The molecule has 0 aromatic heterocycles. The number of carboxylic acid groups (broad SMARTS) is 1. The molecule has 1 fully saturated rings. The number of likely N-dealkylation sites (tertiary alicyclic amines) is 1. The van der Waals surface area contributed by atoms with Gasteiger partial charge in [-0.05, 0) is 24.1 Å². The van der Waals surface area contributed by atoms with Gasteiger partial charge in [0.2, 0.25) is 0 Å². The van der Waals surface area contributed by atoms with Gasteiger partial charge in [0.15, 0.2) is 0 Å². The lowest BCUT2D eigenvalue weighted by Crippen LogP contribution is -2.44. The molecule has 1 heterocycles. The fourth-order valence-corrected chi connectivity index (χ4v) is 2.69. The molecule has 2 N–H and O–H groups in total. The van der Waals surface area contributed by atoms with E-state index in [2.05, 4.69) is 5.32 Å². The Kier molecular flexibility index (Phi) is 5.95. The molecule has 1 saturated heterocycles. The minimum absolute atomic E-state index is 0.000614. The number of methoxy groups -OCH3 is 2. The van der Waals surface area contributed by atoms with Gasteiger partial charge in [0.25, 0.3) is 0 Å². The van der Waals surface area contributed by atoms with E-state index in [1.165, 1.54) is 12.1 Å². The van der Waals surface area contributed by atoms with Gasteiger partial charge in [-0.15, -0.1) is 0 Å². The number of nitrogens with one attached hydrogen (secondary N) is 1. The van der Waals surface area contributed by atoms with Crippen molar-refractivity contribution in [3.8, 4) is 0 Å². The second kappa shape index (κ2) is 7.94. The summed E-state index contributed by atoms with van der Waals surface area (Å²) in [6.45, 7) is 1.35. The van der Waals surface area contributed by atoms with Crippen molar-refractivity contribution >= 4 is 12.0 Å². The first-order chi connectivity index (χ1) is 11.0. The van der Waals surface area contributed by atoms with Gasteiger partial charge >= 0.3 is 12.0 Å². The summed E-state index contributed by atoms with van der Waals surface area (Å²) in [5.41, 5.74) is 1.07. The zero-order valence-electron chi connectivity index (χ0n) is 13.3. The van der Waals surface area contributed by atoms with Gasteiger partial charge in [0.05, 0.1) is 24.3 Å². The molecule has 1 aromatic carbocycles. The summed E-state index contributed by atoms with van der Waals surface area (Å²) in [6, 6.07) is 6.26. The number of hydrogen-bond acceptors (Lipinski definition) is 4. The summed E-state index contributed by atoms with van der Waals surface area (Å²) in [4.78, 5) is 24.9. The number of nitrogens with zero attached hydrogens (tertiary/aromatic N) is 1. The third-order valence-electron chi connectivity index (χ3n) is 3.97. The van der Waals surface area contributed by atoms with E-state index in [1.54, 1.807) is 31.3 Å². The highest BCUT2D eigenvalue weighted by atomic mass is 16.5. The van der Waals surface area contributed by atoms with Crippen molar-refractivity contribution in [2.45, 2.75) is 25.1 Å². The van der Waals surface area contributed by atoms with Crippen molar-refractivity contribution in [1.29, 1.82) is 0 Å². The summed E-state index contributed by atoms with van der Waals surface area (Å²) < 4.78 is 10.5. The first-order valence-corrected chi connectivity index (χ1v) is 7.43. The number of ether oxygens (including phenoxy) is 2. The first kappa shape index (κ1) is 17.2. The molecule has 0 saturated carbocycles. The molecule has 2 amide bonds. The fourth-order valence-electron chi connectivity index (χ4n) is 2.69. The van der Waals surface area contributed by atoms with E-state index >= 15 is 0 Å². The van der Waals surface area contributed by atoms with Gasteiger partial charge in [-0.1, -0.05) is 12.1 Å². The molecular formula is C16H22N2O5. The monoisotopic (exact) mass is 322 g/mol. The van der Waals surface area contributed by atoms with Gasteiger partial charge in [0.1, 0.15) is 0 Å². The Hall–Kier alpha value is -2.12. The van der Waals surface area contributed by atoms with E-state index in [1.807, 2.05) is 0 Å². The smallest absolute Gasteiger partial charge is 0.335 e. The quantitative estimate of drug-likeness (QED) is 0.825. The Morgan fingerprint density at radius 1 is 1.30 bits per heavy atom. The van der Waals surface area contributed by atoms with Gasteiger partial charge in [0, 0.05) is 27.3 Å². The number of carbonyl (C=O) groups is 2. The van der Waals surface area contributed by atoms with Crippen molar-refractivity contribution < 1.29 is 24.2 Å². The number of urea groups is 1. The highest BCUT2D eigenvalue weighted by molar-refractivity contribution is 5.87. The second-order valence-electron chi connectivity index (χ2n) is 5.52. The summed E-state index contributed by atoms with van der Waals surface area (Å²) in [7, 11) is 3.25. The number of aromatic carboxylic acids is 1. The minimum Gasteiger partial charge on any atom is -0.478 e.